The van der Waals surface area contributed by atoms with Crippen molar-refractivity contribution in [2.24, 2.45) is 7.05 Å². The fourth-order valence-electron chi connectivity index (χ4n) is 3.00. The van der Waals surface area contributed by atoms with Crippen LogP contribution in [-0.2, 0) is 17.4 Å². The lowest BCUT2D eigenvalue weighted by atomic mass is 9.97. The number of alkyl halides is 3. The first-order chi connectivity index (χ1) is 11.1. The summed E-state index contributed by atoms with van der Waals surface area (Å²) < 4.78 is 41.1. The molecule has 2 N–H and O–H groups in total. The van der Waals surface area contributed by atoms with Gasteiger partial charge in [0.1, 0.15) is 5.82 Å². The number of rotatable bonds is 6. The standard InChI is InChI=1S/C15H23F3N4O2/c1-11-4-3-8-22(11)10-12(23)19-6-5-14(24,15(16,17)18)13-20-7-9-21(13)2/h7,9,11,24H,3-6,8,10H2,1-2H3,(H,19,23). The largest absolute Gasteiger partial charge is 0.424 e. The number of carbonyl (C=O) groups is 1. The third-order valence-electron chi connectivity index (χ3n) is 4.51. The fourth-order valence-corrected chi connectivity index (χ4v) is 3.00. The van der Waals surface area contributed by atoms with Crippen LogP contribution in [0.2, 0.25) is 0 Å². The summed E-state index contributed by atoms with van der Waals surface area (Å²) in [5.41, 5.74) is -3.10. The molecular formula is C15H23F3N4O2. The maximum absolute atomic E-state index is 13.3. The van der Waals surface area contributed by atoms with Gasteiger partial charge in [-0.15, -0.1) is 0 Å². The Morgan fingerprint density at radius 1 is 1.50 bits per heavy atom. The van der Waals surface area contributed by atoms with E-state index in [-0.39, 0.29) is 19.0 Å². The third-order valence-corrected chi connectivity index (χ3v) is 4.51. The van der Waals surface area contributed by atoms with Crippen LogP contribution in [-0.4, -0.2) is 57.3 Å². The Kier molecular flexibility index (Phi) is 5.54. The maximum atomic E-state index is 13.3. The molecule has 1 aromatic rings. The number of carbonyl (C=O) groups excluding carboxylic acids is 1. The Morgan fingerprint density at radius 3 is 2.71 bits per heavy atom. The lowest BCUT2D eigenvalue weighted by Crippen LogP contribution is -2.47. The molecule has 2 atom stereocenters. The van der Waals surface area contributed by atoms with E-state index in [2.05, 4.69) is 10.3 Å². The van der Waals surface area contributed by atoms with Gasteiger partial charge in [0.15, 0.2) is 0 Å². The second-order valence-corrected chi connectivity index (χ2v) is 6.28. The molecule has 2 unspecified atom stereocenters. The minimum atomic E-state index is -4.89. The highest BCUT2D eigenvalue weighted by molar-refractivity contribution is 5.78. The number of aryl methyl sites for hydroxylation is 1. The molecule has 1 amide bonds. The predicted molar refractivity (Wildman–Crippen MR) is 81.1 cm³/mol. The average Bonchev–Trinajstić information content (AvgIpc) is 3.07. The molecule has 24 heavy (non-hydrogen) atoms. The smallest absolute Gasteiger partial charge is 0.374 e. The topological polar surface area (TPSA) is 70.4 Å². The molecule has 0 saturated carbocycles. The van der Waals surface area contributed by atoms with Crippen molar-refractivity contribution in [3.8, 4) is 0 Å². The van der Waals surface area contributed by atoms with Crippen LogP contribution in [0.15, 0.2) is 12.4 Å². The van der Waals surface area contributed by atoms with Crippen LogP contribution in [0.3, 0.4) is 0 Å². The Balaban J connectivity index is 1.94. The summed E-state index contributed by atoms with van der Waals surface area (Å²) >= 11 is 0. The molecule has 9 heteroatoms. The zero-order chi connectivity index (χ0) is 18.0. The van der Waals surface area contributed by atoms with Gasteiger partial charge in [-0.1, -0.05) is 0 Å². The van der Waals surface area contributed by atoms with Crippen LogP contribution in [0.25, 0.3) is 0 Å². The van der Waals surface area contributed by atoms with Gasteiger partial charge in [-0.3, -0.25) is 9.69 Å². The quantitative estimate of drug-likeness (QED) is 0.809. The van der Waals surface area contributed by atoms with E-state index in [1.165, 1.54) is 19.4 Å². The Hall–Kier alpha value is -1.61. The van der Waals surface area contributed by atoms with E-state index in [9.17, 15) is 23.1 Å². The highest BCUT2D eigenvalue weighted by Crippen LogP contribution is 2.40. The number of likely N-dealkylation sites (tertiary alicyclic amines) is 1. The first-order valence-corrected chi connectivity index (χ1v) is 7.93. The number of nitrogens with one attached hydrogen (secondary N) is 1. The molecule has 0 aliphatic carbocycles. The number of hydrogen-bond donors (Lipinski definition) is 2. The van der Waals surface area contributed by atoms with E-state index >= 15 is 0 Å². The summed E-state index contributed by atoms with van der Waals surface area (Å²) in [7, 11) is 1.38. The Labute approximate surface area is 138 Å². The summed E-state index contributed by atoms with van der Waals surface area (Å²) in [5, 5.41) is 12.6. The molecule has 0 spiro atoms. The van der Waals surface area contributed by atoms with Crippen molar-refractivity contribution in [2.75, 3.05) is 19.6 Å². The molecular weight excluding hydrogens is 325 g/mol. The van der Waals surface area contributed by atoms with E-state index in [1.54, 1.807) is 0 Å². The SMILES string of the molecule is CC1CCCN1CC(=O)NCCC(O)(c1nccn1C)C(F)(F)F. The van der Waals surface area contributed by atoms with E-state index in [0.29, 0.717) is 6.04 Å². The Bertz CT molecular complexity index is 575. The third kappa shape index (κ3) is 3.89. The van der Waals surface area contributed by atoms with Crippen LogP contribution >= 0.6 is 0 Å². The first-order valence-electron chi connectivity index (χ1n) is 7.93. The molecule has 1 aliphatic heterocycles. The zero-order valence-corrected chi connectivity index (χ0v) is 13.8. The molecule has 2 rings (SSSR count). The summed E-state index contributed by atoms with van der Waals surface area (Å²) in [5.74, 6) is -0.828. The van der Waals surface area contributed by atoms with Crippen LogP contribution in [0.1, 0.15) is 32.0 Å². The van der Waals surface area contributed by atoms with Gasteiger partial charge in [0.25, 0.3) is 0 Å². The molecule has 1 aliphatic rings. The van der Waals surface area contributed by atoms with Crippen LogP contribution in [0.4, 0.5) is 13.2 Å². The number of hydrogen-bond acceptors (Lipinski definition) is 4. The average molecular weight is 348 g/mol. The van der Waals surface area contributed by atoms with E-state index in [0.717, 1.165) is 24.0 Å². The summed E-state index contributed by atoms with van der Waals surface area (Å²) in [6.07, 6.45) is -1.02. The highest BCUT2D eigenvalue weighted by Gasteiger charge is 2.57. The highest BCUT2D eigenvalue weighted by atomic mass is 19.4. The van der Waals surface area contributed by atoms with Gasteiger partial charge in [0.05, 0.1) is 6.54 Å². The second-order valence-electron chi connectivity index (χ2n) is 6.28. The van der Waals surface area contributed by atoms with Crippen LogP contribution < -0.4 is 5.32 Å². The summed E-state index contributed by atoms with van der Waals surface area (Å²) in [4.78, 5) is 17.5. The number of imidazole rings is 1. The molecule has 0 bridgehead atoms. The zero-order valence-electron chi connectivity index (χ0n) is 13.8. The first kappa shape index (κ1) is 18.7. The normalized spacial score (nSPS) is 21.7. The van der Waals surface area contributed by atoms with E-state index in [4.69, 9.17) is 0 Å². The van der Waals surface area contributed by atoms with Crippen molar-refractivity contribution < 1.29 is 23.1 Å². The van der Waals surface area contributed by atoms with Crippen molar-refractivity contribution in [3.63, 3.8) is 0 Å². The number of amides is 1. The predicted octanol–water partition coefficient (Wildman–Crippen LogP) is 1.16. The van der Waals surface area contributed by atoms with Gasteiger partial charge in [-0.2, -0.15) is 13.2 Å². The molecule has 1 saturated heterocycles. The van der Waals surface area contributed by atoms with Crippen molar-refractivity contribution in [2.45, 2.75) is 44.0 Å². The Morgan fingerprint density at radius 2 is 2.21 bits per heavy atom. The molecule has 0 aromatic carbocycles. The van der Waals surface area contributed by atoms with Gasteiger partial charge in [0.2, 0.25) is 11.5 Å². The molecule has 2 heterocycles. The van der Waals surface area contributed by atoms with Gasteiger partial charge in [-0.25, -0.2) is 4.98 Å². The fraction of sp³-hybridized carbons (Fsp3) is 0.733. The number of nitrogens with zero attached hydrogens (tertiary/aromatic N) is 3. The monoisotopic (exact) mass is 348 g/mol. The van der Waals surface area contributed by atoms with E-state index in [1.807, 2.05) is 11.8 Å². The molecule has 6 nitrogen and oxygen atoms in total. The van der Waals surface area contributed by atoms with Gasteiger partial charge >= 0.3 is 6.18 Å². The number of aromatic nitrogens is 2. The van der Waals surface area contributed by atoms with Crippen LogP contribution in [0, 0.1) is 0 Å². The van der Waals surface area contributed by atoms with Gasteiger partial charge < -0.3 is 15.0 Å². The summed E-state index contributed by atoms with van der Waals surface area (Å²) in [6, 6.07) is 0.301. The second kappa shape index (κ2) is 7.10. The van der Waals surface area contributed by atoms with Gasteiger partial charge in [-0.05, 0) is 26.3 Å². The van der Waals surface area contributed by atoms with Crippen molar-refractivity contribution in [1.82, 2.24) is 19.8 Å². The molecule has 136 valence electrons. The molecule has 1 aromatic heterocycles. The van der Waals surface area contributed by atoms with Crippen molar-refractivity contribution >= 4 is 5.91 Å². The minimum Gasteiger partial charge on any atom is -0.374 e. The maximum Gasteiger partial charge on any atom is 0.424 e. The lowest BCUT2D eigenvalue weighted by Gasteiger charge is -2.30. The molecule has 0 radical (unpaired) electrons. The van der Waals surface area contributed by atoms with E-state index < -0.39 is 24.0 Å². The lowest BCUT2D eigenvalue weighted by molar-refractivity contribution is -0.272. The van der Waals surface area contributed by atoms with Crippen molar-refractivity contribution in [3.05, 3.63) is 18.2 Å². The number of halogens is 3. The minimum absolute atomic E-state index is 0.161. The molecule has 1 fully saturated rings. The number of aliphatic hydroxyl groups is 1. The van der Waals surface area contributed by atoms with Gasteiger partial charge in [0, 0.05) is 38.4 Å². The summed E-state index contributed by atoms with van der Waals surface area (Å²) in [6.45, 7) is 2.70. The van der Waals surface area contributed by atoms with Crippen LogP contribution in [0.5, 0.6) is 0 Å². The van der Waals surface area contributed by atoms with Crippen molar-refractivity contribution in [1.29, 1.82) is 0 Å².